The van der Waals surface area contributed by atoms with Crippen LogP contribution in [0, 0.1) is 0 Å². The quantitative estimate of drug-likeness (QED) is 0.760. The number of rotatable bonds is 3. The van der Waals surface area contributed by atoms with Crippen molar-refractivity contribution in [2.75, 3.05) is 0 Å². The lowest BCUT2D eigenvalue weighted by Gasteiger charge is -2.08. The van der Waals surface area contributed by atoms with Gasteiger partial charge < -0.3 is 10.1 Å². The molecule has 0 radical (unpaired) electrons. The van der Waals surface area contributed by atoms with Gasteiger partial charge in [-0.1, -0.05) is 30.3 Å². The first-order valence-electron chi connectivity index (χ1n) is 5.23. The van der Waals surface area contributed by atoms with Crippen LogP contribution < -0.4 is 5.32 Å². The minimum atomic E-state index is -0.139. The average Bonchev–Trinajstić information content (AvgIpc) is 2.56. The molecule has 3 nitrogen and oxygen atoms in total. The van der Waals surface area contributed by atoms with Crippen LogP contribution in [0.15, 0.2) is 30.3 Å². The molecule has 0 saturated carbocycles. The maximum absolute atomic E-state index is 11.3. The Hall–Kier alpha value is -1.35. The first-order valence-corrected chi connectivity index (χ1v) is 5.23. The van der Waals surface area contributed by atoms with E-state index in [1.165, 1.54) is 5.56 Å². The third-order valence-electron chi connectivity index (χ3n) is 2.56. The van der Waals surface area contributed by atoms with Gasteiger partial charge >= 0.3 is 5.97 Å². The zero-order valence-corrected chi connectivity index (χ0v) is 8.77. The Balaban J connectivity index is 1.86. The largest absolute Gasteiger partial charge is 0.461 e. The monoisotopic (exact) mass is 205 g/mol. The number of cyclic esters (lactones) is 1. The van der Waals surface area contributed by atoms with Gasteiger partial charge in [0.05, 0.1) is 0 Å². The molecule has 1 fully saturated rings. The third-order valence-corrected chi connectivity index (χ3v) is 2.56. The highest BCUT2D eigenvalue weighted by atomic mass is 16.6. The molecule has 15 heavy (non-hydrogen) atoms. The Morgan fingerprint density at radius 1 is 1.40 bits per heavy atom. The second kappa shape index (κ2) is 4.45. The van der Waals surface area contributed by atoms with Crippen LogP contribution in [0.3, 0.4) is 0 Å². The highest BCUT2D eigenvalue weighted by molar-refractivity contribution is 5.77. The van der Waals surface area contributed by atoms with Crippen molar-refractivity contribution in [1.29, 1.82) is 0 Å². The molecule has 1 aromatic rings. The summed E-state index contributed by atoms with van der Waals surface area (Å²) >= 11 is 0. The SMILES string of the molecule is C[C@H]1C[C@@H](NCc2ccccc2)C(=O)O1. The molecule has 0 aliphatic carbocycles. The van der Waals surface area contributed by atoms with Crippen molar-refractivity contribution >= 4 is 5.97 Å². The average molecular weight is 205 g/mol. The minimum Gasteiger partial charge on any atom is -0.461 e. The second-order valence-electron chi connectivity index (χ2n) is 3.90. The van der Waals surface area contributed by atoms with Gasteiger partial charge in [-0.2, -0.15) is 0 Å². The summed E-state index contributed by atoms with van der Waals surface area (Å²) in [4.78, 5) is 11.3. The van der Waals surface area contributed by atoms with E-state index < -0.39 is 0 Å². The minimum absolute atomic E-state index is 0.0470. The fourth-order valence-corrected chi connectivity index (χ4v) is 1.76. The first-order chi connectivity index (χ1) is 7.25. The van der Waals surface area contributed by atoms with Crippen LogP contribution in [0.1, 0.15) is 18.9 Å². The number of hydrogen-bond donors (Lipinski definition) is 1. The first kappa shape index (κ1) is 10.2. The summed E-state index contributed by atoms with van der Waals surface area (Å²) in [6.45, 7) is 2.63. The van der Waals surface area contributed by atoms with E-state index >= 15 is 0 Å². The molecular weight excluding hydrogens is 190 g/mol. The molecule has 2 rings (SSSR count). The number of benzene rings is 1. The van der Waals surface area contributed by atoms with Crippen LogP contribution in [-0.4, -0.2) is 18.1 Å². The molecule has 0 unspecified atom stereocenters. The number of esters is 1. The van der Waals surface area contributed by atoms with Gasteiger partial charge in [-0.3, -0.25) is 4.79 Å². The maximum Gasteiger partial charge on any atom is 0.323 e. The van der Waals surface area contributed by atoms with E-state index in [0.717, 1.165) is 6.42 Å². The highest BCUT2D eigenvalue weighted by Gasteiger charge is 2.30. The van der Waals surface area contributed by atoms with Crippen molar-refractivity contribution < 1.29 is 9.53 Å². The van der Waals surface area contributed by atoms with Crippen LogP contribution in [0.25, 0.3) is 0 Å². The zero-order valence-electron chi connectivity index (χ0n) is 8.77. The van der Waals surface area contributed by atoms with Crippen LogP contribution in [0.4, 0.5) is 0 Å². The van der Waals surface area contributed by atoms with Gasteiger partial charge in [0.2, 0.25) is 0 Å². The van der Waals surface area contributed by atoms with Gasteiger partial charge in [-0.15, -0.1) is 0 Å². The molecule has 1 heterocycles. The van der Waals surface area contributed by atoms with Crippen molar-refractivity contribution in [3.8, 4) is 0 Å². The smallest absolute Gasteiger partial charge is 0.323 e. The van der Waals surface area contributed by atoms with Crippen LogP contribution in [-0.2, 0) is 16.1 Å². The predicted octanol–water partition coefficient (Wildman–Crippen LogP) is 1.48. The summed E-state index contributed by atoms with van der Waals surface area (Å²) in [5, 5.41) is 3.20. The molecule has 1 aliphatic heterocycles. The van der Waals surface area contributed by atoms with Crippen molar-refractivity contribution in [1.82, 2.24) is 5.32 Å². The molecule has 1 aliphatic rings. The summed E-state index contributed by atoms with van der Waals surface area (Å²) in [7, 11) is 0. The normalized spacial score (nSPS) is 25.3. The number of hydrogen-bond acceptors (Lipinski definition) is 3. The number of ether oxygens (including phenoxy) is 1. The van der Waals surface area contributed by atoms with E-state index in [2.05, 4.69) is 5.32 Å². The van der Waals surface area contributed by atoms with Crippen molar-refractivity contribution in [3.05, 3.63) is 35.9 Å². The van der Waals surface area contributed by atoms with E-state index in [1.54, 1.807) is 0 Å². The maximum atomic E-state index is 11.3. The lowest BCUT2D eigenvalue weighted by molar-refractivity contribution is -0.142. The van der Waals surface area contributed by atoms with Crippen molar-refractivity contribution in [2.45, 2.75) is 32.0 Å². The predicted molar refractivity (Wildman–Crippen MR) is 57.2 cm³/mol. The van der Waals surface area contributed by atoms with Gasteiger partial charge in [0.15, 0.2) is 0 Å². The number of carbonyl (C=O) groups excluding carboxylic acids is 1. The van der Waals surface area contributed by atoms with Gasteiger partial charge in [-0.25, -0.2) is 0 Å². The summed E-state index contributed by atoms with van der Waals surface area (Å²) in [6.07, 6.45) is 0.817. The second-order valence-corrected chi connectivity index (χ2v) is 3.90. The summed E-state index contributed by atoms with van der Waals surface area (Å²) < 4.78 is 5.06. The Bertz CT molecular complexity index is 337. The zero-order chi connectivity index (χ0) is 10.7. The van der Waals surface area contributed by atoms with Crippen LogP contribution in [0.2, 0.25) is 0 Å². The van der Waals surface area contributed by atoms with E-state index in [0.29, 0.717) is 6.54 Å². The molecule has 0 amide bonds. The summed E-state index contributed by atoms with van der Waals surface area (Å²) in [5.74, 6) is -0.126. The Kier molecular flexibility index (Phi) is 3.02. The molecule has 0 aromatic heterocycles. The number of nitrogens with one attached hydrogen (secondary N) is 1. The van der Waals surface area contributed by atoms with Gasteiger partial charge in [-0.05, 0) is 12.5 Å². The van der Waals surface area contributed by atoms with Crippen LogP contribution >= 0.6 is 0 Å². The van der Waals surface area contributed by atoms with E-state index in [1.807, 2.05) is 37.3 Å². The van der Waals surface area contributed by atoms with Gasteiger partial charge in [0.25, 0.3) is 0 Å². The lowest BCUT2D eigenvalue weighted by Crippen LogP contribution is -2.32. The standard InChI is InChI=1S/C12H15NO2/c1-9-7-11(12(14)15-9)13-8-10-5-3-2-4-6-10/h2-6,9,11,13H,7-8H2,1H3/t9-,11+/m0/s1. The Labute approximate surface area is 89.4 Å². The van der Waals surface area contributed by atoms with E-state index in [-0.39, 0.29) is 18.1 Å². The Morgan fingerprint density at radius 3 is 2.73 bits per heavy atom. The van der Waals surface area contributed by atoms with Crippen LogP contribution in [0.5, 0.6) is 0 Å². The van der Waals surface area contributed by atoms with E-state index in [4.69, 9.17) is 4.74 Å². The third kappa shape index (κ3) is 2.57. The fraction of sp³-hybridized carbons (Fsp3) is 0.417. The summed E-state index contributed by atoms with van der Waals surface area (Å²) in [5.41, 5.74) is 1.19. The lowest BCUT2D eigenvalue weighted by atomic mass is 10.1. The summed E-state index contributed by atoms with van der Waals surface area (Å²) in [6, 6.07) is 9.91. The molecule has 2 atom stereocenters. The molecule has 0 bridgehead atoms. The Morgan fingerprint density at radius 2 is 2.13 bits per heavy atom. The number of carbonyl (C=O) groups is 1. The molecular formula is C12H15NO2. The van der Waals surface area contributed by atoms with Gasteiger partial charge in [0.1, 0.15) is 12.1 Å². The molecule has 3 heteroatoms. The molecule has 1 N–H and O–H groups in total. The highest BCUT2D eigenvalue weighted by Crippen LogP contribution is 2.14. The van der Waals surface area contributed by atoms with Gasteiger partial charge in [0, 0.05) is 13.0 Å². The van der Waals surface area contributed by atoms with Crippen molar-refractivity contribution in [3.63, 3.8) is 0 Å². The molecule has 80 valence electrons. The van der Waals surface area contributed by atoms with Crippen molar-refractivity contribution in [2.24, 2.45) is 0 Å². The fourth-order valence-electron chi connectivity index (χ4n) is 1.76. The molecule has 1 saturated heterocycles. The molecule has 0 spiro atoms. The van der Waals surface area contributed by atoms with E-state index in [9.17, 15) is 4.79 Å². The topological polar surface area (TPSA) is 38.3 Å². The molecule has 1 aromatic carbocycles.